The predicted molar refractivity (Wildman–Crippen MR) is 81.1 cm³/mol. The topological polar surface area (TPSA) is 12.0 Å². The lowest BCUT2D eigenvalue weighted by Gasteiger charge is -2.44. The molecular weight excluding hydrogens is 296 g/mol. The average molecular weight is 310 g/mol. The Bertz CT molecular complexity index is 638. The normalized spacial score (nSPS) is 16.8. The molecular formula is C16H14Cl2FN. The summed E-state index contributed by atoms with van der Waals surface area (Å²) < 4.78 is 13.2. The summed E-state index contributed by atoms with van der Waals surface area (Å²) in [5.41, 5.74) is 2.14. The average Bonchev–Trinajstić information content (AvgIpc) is 2.39. The Morgan fingerprint density at radius 3 is 2.40 bits per heavy atom. The second kappa shape index (κ2) is 5.36. The Hall–Kier alpha value is -1.09. The van der Waals surface area contributed by atoms with Crippen molar-refractivity contribution in [3.63, 3.8) is 0 Å². The van der Waals surface area contributed by atoms with Gasteiger partial charge in [0.2, 0.25) is 0 Å². The van der Waals surface area contributed by atoms with Crippen LogP contribution in [0.5, 0.6) is 0 Å². The third-order valence-electron chi connectivity index (χ3n) is 3.90. The van der Waals surface area contributed by atoms with E-state index in [1.165, 1.54) is 6.07 Å². The molecule has 1 aliphatic heterocycles. The Labute approximate surface area is 127 Å². The second-order valence-corrected chi connectivity index (χ2v) is 6.10. The maximum Gasteiger partial charge on any atom is 0.141 e. The summed E-state index contributed by atoms with van der Waals surface area (Å²) in [5.74, 6) is -0.381. The molecule has 2 aromatic rings. The highest BCUT2D eigenvalue weighted by atomic mass is 35.5. The van der Waals surface area contributed by atoms with E-state index in [9.17, 15) is 4.39 Å². The number of rotatable bonds is 3. The SMILES string of the molecule is Fc1ccc(CC2(c3ccccc3Cl)CNC2)cc1Cl. The quantitative estimate of drug-likeness (QED) is 0.895. The first-order chi connectivity index (χ1) is 9.61. The minimum Gasteiger partial charge on any atom is -0.315 e. The summed E-state index contributed by atoms with van der Waals surface area (Å²) in [6.07, 6.45) is 0.795. The molecule has 0 spiro atoms. The van der Waals surface area contributed by atoms with Crippen LogP contribution in [0, 0.1) is 5.82 Å². The molecule has 2 aromatic carbocycles. The molecule has 0 aromatic heterocycles. The van der Waals surface area contributed by atoms with E-state index >= 15 is 0 Å². The van der Waals surface area contributed by atoms with Gasteiger partial charge in [0.1, 0.15) is 5.82 Å². The number of hydrogen-bond acceptors (Lipinski definition) is 1. The van der Waals surface area contributed by atoms with Crippen molar-refractivity contribution in [2.24, 2.45) is 0 Å². The van der Waals surface area contributed by atoms with Gasteiger partial charge in [0, 0.05) is 23.5 Å². The van der Waals surface area contributed by atoms with Crippen molar-refractivity contribution in [3.05, 3.63) is 69.5 Å². The zero-order chi connectivity index (χ0) is 14.2. The van der Waals surface area contributed by atoms with Crippen molar-refractivity contribution in [3.8, 4) is 0 Å². The molecule has 1 nitrogen and oxygen atoms in total. The van der Waals surface area contributed by atoms with Gasteiger partial charge in [0.05, 0.1) is 5.02 Å². The lowest BCUT2D eigenvalue weighted by atomic mass is 9.71. The molecule has 20 heavy (non-hydrogen) atoms. The van der Waals surface area contributed by atoms with E-state index in [0.29, 0.717) is 0 Å². The standard InChI is InChI=1S/C16H14Cl2FN/c17-13-4-2-1-3-12(13)16(9-20-10-16)8-11-5-6-15(19)14(18)7-11/h1-7,20H,8-10H2. The third kappa shape index (κ3) is 2.44. The lowest BCUT2D eigenvalue weighted by molar-refractivity contribution is 0.275. The molecule has 1 aliphatic rings. The van der Waals surface area contributed by atoms with Crippen molar-refractivity contribution < 1.29 is 4.39 Å². The van der Waals surface area contributed by atoms with Gasteiger partial charge in [0.15, 0.2) is 0 Å². The van der Waals surface area contributed by atoms with Crippen LogP contribution in [0.1, 0.15) is 11.1 Å². The van der Waals surface area contributed by atoms with Crippen LogP contribution < -0.4 is 5.32 Å². The molecule has 1 heterocycles. The van der Waals surface area contributed by atoms with Crippen LogP contribution in [-0.2, 0) is 11.8 Å². The van der Waals surface area contributed by atoms with Gasteiger partial charge in [-0.25, -0.2) is 4.39 Å². The summed E-state index contributed by atoms with van der Waals surface area (Å²) in [6, 6.07) is 12.8. The minimum atomic E-state index is -0.381. The van der Waals surface area contributed by atoms with Crippen molar-refractivity contribution in [1.29, 1.82) is 0 Å². The second-order valence-electron chi connectivity index (χ2n) is 5.29. The van der Waals surface area contributed by atoms with E-state index < -0.39 is 0 Å². The molecule has 0 aliphatic carbocycles. The number of hydrogen-bond donors (Lipinski definition) is 1. The fourth-order valence-corrected chi connectivity index (χ4v) is 3.31. The van der Waals surface area contributed by atoms with Crippen LogP contribution in [0.2, 0.25) is 10.0 Å². The Kier molecular flexibility index (Phi) is 3.72. The molecule has 4 heteroatoms. The van der Waals surface area contributed by atoms with E-state index in [1.807, 2.05) is 18.2 Å². The van der Waals surface area contributed by atoms with Crippen molar-refractivity contribution in [1.82, 2.24) is 5.32 Å². The van der Waals surface area contributed by atoms with Gasteiger partial charge in [0.25, 0.3) is 0 Å². The highest BCUT2D eigenvalue weighted by Crippen LogP contribution is 2.37. The molecule has 0 amide bonds. The number of halogens is 3. The maximum absolute atomic E-state index is 13.2. The van der Waals surface area contributed by atoms with Gasteiger partial charge in [-0.3, -0.25) is 0 Å². The summed E-state index contributed by atoms with van der Waals surface area (Å²) >= 11 is 12.2. The van der Waals surface area contributed by atoms with Crippen molar-refractivity contribution in [2.45, 2.75) is 11.8 Å². The highest BCUT2D eigenvalue weighted by Gasteiger charge is 2.40. The van der Waals surface area contributed by atoms with E-state index in [0.717, 1.165) is 35.7 Å². The van der Waals surface area contributed by atoms with Crippen molar-refractivity contribution in [2.75, 3.05) is 13.1 Å². The zero-order valence-corrected chi connectivity index (χ0v) is 12.3. The highest BCUT2D eigenvalue weighted by molar-refractivity contribution is 6.31. The van der Waals surface area contributed by atoms with Crippen molar-refractivity contribution >= 4 is 23.2 Å². The van der Waals surface area contributed by atoms with Crippen LogP contribution in [-0.4, -0.2) is 13.1 Å². The van der Waals surface area contributed by atoms with E-state index in [2.05, 4.69) is 11.4 Å². The van der Waals surface area contributed by atoms with Crippen LogP contribution in [0.3, 0.4) is 0 Å². The van der Waals surface area contributed by atoms with Gasteiger partial charge in [-0.05, 0) is 35.7 Å². The molecule has 1 saturated heterocycles. The van der Waals surface area contributed by atoms with Gasteiger partial charge >= 0.3 is 0 Å². The molecule has 1 N–H and O–H groups in total. The molecule has 104 valence electrons. The zero-order valence-electron chi connectivity index (χ0n) is 10.8. The molecule has 0 saturated carbocycles. The Balaban J connectivity index is 1.94. The van der Waals surface area contributed by atoms with Crippen LogP contribution in [0.25, 0.3) is 0 Å². The first-order valence-corrected chi connectivity index (χ1v) is 7.26. The summed E-state index contributed by atoms with van der Waals surface area (Å²) in [5, 5.41) is 4.26. The fraction of sp³-hybridized carbons (Fsp3) is 0.250. The fourth-order valence-electron chi connectivity index (χ4n) is 2.77. The van der Waals surface area contributed by atoms with Gasteiger partial charge in [-0.1, -0.05) is 47.5 Å². The molecule has 0 atom stereocenters. The maximum atomic E-state index is 13.2. The van der Waals surface area contributed by atoms with Gasteiger partial charge < -0.3 is 5.32 Å². The van der Waals surface area contributed by atoms with Gasteiger partial charge in [-0.2, -0.15) is 0 Å². The molecule has 1 fully saturated rings. The van der Waals surface area contributed by atoms with E-state index in [1.54, 1.807) is 12.1 Å². The lowest BCUT2D eigenvalue weighted by Crippen LogP contribution is -2.58. The van der Waals surface area contributed by atoms with E-state index in [4.69, 9.17) is 23.2 Å². The molecule has 0 unspecified atom stereocenters. The summed E-state index contributed by atoms with van der Waals surface area (Å²) in [7, 11) is 0. The monoisotopic (exact) mass is 309 g/mol. The number of nitrogens with one attached hydrogen (secondary N) is 1. The van der Waals surface area contributed by atoms with E-state index in [-0.39, 0.29) is 16.3 Å². The largest absolute Gasteiger partial charge is 0.315 e. The Morgan fingerprint density at radius 2 is 1.80 bits per heavy atom. The number of benzene rings is 2. The molecule has 3 rings (SSSR count). The first kappa shape index (κ1) is 13.9. The molecule has 0 radical (unpaired) electrons. The minimum absolute atomic E-state index is 0.0283. The summed E-state index contributed by atoms with van der Waals surface area (Å²) in [6.45, 7) is 1.73. The van der Waals surface area contributed by atoms with Crippen LogP contribution >= 0.6 is 23.2 Å². The first-order valence-electron chi connectivity index (χ1n) is 6.50. The van der Waals surface area contributed by atoms with Gasteiger partial charge in [-0.15, -0.1) is 0 Å². The molecule has 0 bridgehead atoms. The smallest absolute Gasteiger partial charge is 0.141 e. The van der Waals surface area contributed by atoms with Crippen LogP contribution in [0.4, 0.5) is 4.39 Å². The van der Waals surface area contributed by atoms with Crippen LogP contribution in [0.15, 0.2) is 42.5 Å². The third-order valence-corrected chi connectivity index (χ3v) is 4.52. The predicted octanol–water partition coefficient (Wildman–Crippen LogP) is 4.22. The Morgan fingerprint density at radius 1 is 1.05 bits per heavy atom. The summed E-state index contributed by atoms with van der Waals surface area (Å²) in [4.78, 5) is 0.